The number of pyridine rings is 1. The molecule has 0 bridgehead atoms. The molecule has 0 aliphatic heterocycles. The zero-order chi connectivity index (χ0) is 18.8. The summed E-state index contributed by atoms with van der Waals surface area (Å²) < 4.78 is 18.7. The minimum atomic E-state index is 0.558. The summed E-state index contributed by atoms with van der Waals surface area (Å²) >= 11 is 6.20. The Morgan fingerprint density at radius 3 is 2.30 bits per heavy atom. The standard InChI is InChI=1S/C21H17ClN2O3/c1-25-16-10-7-14(8-11-16)20-21(24-13-15(22)9-12-19(24)23-20)27-18-6-4-3-5-17(18)26-2/h3-13H,1-2H3. The lowest BCUT2D eigenvalue weighted by molar-refractivity contribution is 0.373. The van der Waals surface area contributed by atoms with Crippen molar-refractivity contribution >= 4 is 17.2 Å². The average Bonchev–Trinajstić information content (AvgIpc) is 3.06. The maximum atomic E-state index is 6.24. The van der Waals surface area contributed by atoms with Gasteiger partial charge < -0.3 is 14.2 Å². The van der Waals surface area contributed by atoms with Crippen LogP contribution in [0.5, 0.6) is 23.1 Å². The molecule has 136 valence electrons. The van der Waals surface area contributed by atoms with Gasteiger partial charge in [0.05, 0.1) is 19.2 Å². The first-order valence-corrected chi connectivity index (χ1v) is 8.70. The minimum Gasteiger partial charge on any atom is -0.497 e. The summed E-state index contributed by atoms with van der Waals surface area (Å²) in [7, 11) is 3.25. The van der Waals surface area contributed by atoms with E-state index in [1.165, 1.54) is 0 Å². The Morgan fingerprint density at radius 2 is 1.59 bits per heavy atom. The quantitative estimate of drug-likeness (QED) is 0.461. The monoisotopic (exact) mass is 380 g/mol. The van der Waals surface area contributed by atoms with Gasteiger partial charge in [-0.2, -0.15) is 0 Å². The van der Waals surface area contributed by atoms with Crippen molar-refractivity contribution in [2.24, 2.45) is 0 Å². The second-order valence-electron chi connectivity index (χ2n) is 5.82. The number of benzene rings is 2. The molecule has 0 radical (unpaired) electrons. The molecular formula is C21H17ClN2O3. The Balaban J connectivity index is 1.89. The molecule has 0 saturated carbocycles. The van der Waals surface area contributed by atoms with Gasteiger partial charge in [-0.05, 0) is 48.5 Å². The van der Waals surface area contributed by atoms with E-state index in [2.05, 4.69) is 0 Å². The van der Waals surface area contributed by atoms with E-state index in [4.69, 9.17) is 30.8 Å². The summed E-state index contributed by atoms with van der Waals surface area (Å²) in [5.74, 6) is 2.56. The fraction of sp³-hybridized carbons (Fsp3) is 0.0952. The number of para-hydroxylation sites is 2. The number of fused-ring (bicyclic) bond motifs is 1. The van der Waals surface area contributed by atoms with Gasteiger partial charge in [-0.15, -0.1) is 0 Å². The molecule has 2 heterocycles. The van der Waals surface area contributed by atoms with Gasteiger partial charge in [0, 0.05) is 11.8 Å². The number of ether oxygens (including phenoxy) is 3. The third-order valence-corrected chi connectivity index (χ3v) is 4.40. The number of nitrogens with zero attached hydrogens (tertiary/aromatic N) is 2. The molecule has 0 aliphatic carbocycles. The number of halogens is 1. The summed E-state index contributed by atoms with van der Waals surface area (Å²) in [6.07, 6.45) is 1.78. The maximum absolute atomic E-state index is 6.24. The predicted octanol–water partition coefficient (Wildman–Crippen LogP) is 5.46. The largest absolute Gasteiger partial charge is 0.497 e. The van der Waals surface area contributed by atoms with Crippen LogP contribution in [0.2, 0.25) is 5.02 Å². The minimum absolute atomic E-state index is 0.558. The molecule has 0 unspecified atom stereocenters. The van der Waals surface area contributed by atoms with E-state index in [9.17, 15) is 0 Å². The molecule has 0 saturated heterocycles. The van der Waals surface area contributed by atoms with Gasteiger partial charge in [-0.1, -0.05) is 23.7 Å². The van der Waals surface area contributed by atoms with Crippen LogP contribution >= 0.6 is 11.6 Å². The number of aromatic nitrogens is 2. The summed E-state index contributed by atoms with van der Waals surface area (Å²) in [4.78, 5) is 4.73. The normalized spacial score (nSPS) is 10.8. The molecule has 0 fully saturated rings. The van der Waals surface area contributed by atoms with E-state index in [1.54, 1.807) is 26.5 Å². The van der Waals surface area contributed by atoms with Crippen LogP contribution in [0, 0.1) is 0 Å². The summed E-state index contributed by atoms with van der Waals surface area (Å²) in [6.45, 7) is 0. The summed E-state index contributed by atoms with van der Waals surface area (Å²) in [6, 6.07) is 18.8. The zero-order valence-electron chi connectivity index (χ0n) is 14.8. The van der Waals surface area contributed by atoms with Gasteiger partial charge in [0.15, 0.2) is 11.5 Å². The van der Waals surface area contributed by atoms with Crippen molar-refractivity contribution in [3.63, 3.8) is 0 Å². The molecular weight excluding hydrogens is 364 g/mol. The fourth-order valence-electron chi connectivity index (χ4n) is 2.84. The molecule has 2 aromatic carbocycles. The third-order valence-electron chi connectivity index (χ3n) is 4.18. The average molecular weight is 381 g/mol. The second kappa shape index (κ2) is 7.21. The van der Waals surface area contributed by atoms with E-state index in [0.717, 1.165) is 17.0 Å². The topological polar surface area (TPSA) is 45.0 Å². The number of rotatable bonds is 5. The molecule has 2 aromatic heterocycles. The number of imidazole rings is 1. The Bertz CT molecular complexity index is 1090. The number of methoxy groups -OCH3 is 2. The van der Waals surface area contributed by atoms with Crippen molar-refractivity contribution in [3.05, 3.63) is 71.9 Å². The lowest BCUT2D eigenvalue weighted by Gasteiger charge is -2.11. The highest BCUT2D eigenvalue weighted by Gasteiger charge is 2.18. The Kier molecular flexibility index (Phi) is 4.60. The van der Waals surface area contributed by atoms with Crippen LogP contribution in [0.4, 0.5) is 0 Å². The van der Waals surface area contributed by atoms with Crippen molar-refractivity contribution in [1.82, 2.24) is 9.38 Å². The molecule has 0 atom stereocenters. The molecule has 0 aliphatic rings. The van der Waals surface area contributed by atoms with Crippen molar-refractivity contribution < 1.29 is 14.2 Å². The van der Waals surface area contributed by atoms with Crippen LogP contribution in [0.1, 0.15) is 0 Å². The molecule has 6 heteroatoms. The van der Waals surface area contributed by atoms with Crippen LogP contribution in [-0.2, 0) is 0 Å². The van der Waals surface area contributed by atoms with Crippen LogP contribution < -0.4 is 14.2 Å². The van der Waals surface area contributed by atoms with Crippen molar-refractivity contribution in [3.8, 4) is 34.4 Å². The van der Waals surface area contributed by atoms with Gasteiger partial charge in [0.1, 0.15) is 17.1 Å². The van der Waals surface area contributed by atoms with E-state index >= 15 is 0 Å². The third kappa shape index (κ3) is 3.29. The summed E-state index contributed by atoms with van der Waals surface area (Å²) in [5.41, 5.74) is 2.33. The molecule has 4 aromatic rings. The number of hydrogen-bond acceptors (Lipinski definition) is 4. The fourth-order valence-corrected chi connectivity index (χ4v) is 3.00. The Hall–Kier alpha value is -3.18. The first kappa shape index (κ1) is 17.2. The first-order chi connectivity index (χ1) is 13.2. The second-order valence-corrected chi connectivity index (χ2v) is 6.26. The lowest BCUT2D eigenvalue weighted by Crippen LogP contribution is -1.95. The van der Waals surface area contributed by atoms with Crippen LogP contribution in [0.15, 0.2) is 66.9 Å². The van der Waals surface area contributed by atoms with Crippen LogP contribution in [-0.4, -0.2) is 23.6 Å². The van der Waals surface area contributed by atoms with E-state index in [1.807, 2.05) is 59.0 Å². The van der Waals surface area contributed by atoms with Crippen molar-refractivity contribution in [1.29, 1.82) is 0 Å². The van der Waals surface area contributed by atoms with E-state index in [-0.39, 0.29) is 0 Å². The molecule has 0 amide bonds. The van der Waals surface area contributed by atoms with Gasteiger partial charge in [0.25, 0.3) is 0 Å². The molecule has 0 spiro atoms. The van der Waals surface area contributed by atoms with E-state index < -0.39 is 0 Å². The first-order valence-electron chi connectivity index (χ1n) is 8.32. The highest BCUT2D eigenvalue weighted by molar-refractivity contribution is 6.30. The lowest BCUT2D eigenvalue weighted by atomic mass is 10.1. The predicted molar refractivity (Wildman–Crippen MR) is 105 cm³/mol. The smallest absolute Gasteiger partial charge is 0.232 e. The summed E-state index contributed by atoms with van der Waals surface area (Å²) in [5, 5.41) is 0.589. The SMILES string of the molecule is COc1ccc(-c2nc3ccc(Cl)cn3c2Oc2ccccc2OC)cc1. The molecule has 5 nitrogen and oxygen atoms in total. The maximum Gasteiger partial charge on any atom is 0.232 e. The Morgan fingerprint density at radius 1 is 0.852 bits per heavy atom. The van der Waals surface area contributed by atoms with Gasteiger partial charge >= 0.3 is 0 Å². The highest BCUT2D eigenvalue weighted by Crippen LogP contribution is 2.38. The van der Waals surface area contributed by atoms with Gasteiger partial charge in [-0.25, -0.2) is 4.98 Å². The molecule has 4 rings (SSSR count). The number of hydrogen-bond donors (Lipinski definition) is 0. The molecule has 27 heavy (non-hydrogen) atoms. The molecule has 0 N–H and O–H groups in total. The van der Waals surface area contributed by atoms with Crippen molar-refractivity contribution in [2.45, 2.75) is 0 Å². The van der Waals surface area contributed by atoms with Crippen molar-refractivity contribution in [2.75, 3.05) is 14.2 Å². The highest BCUT2D eigenvalue weighted by atomic mass is 35.5. The van der Waals surface area contributed by atoms with E-state index in [0.29, 0.717) is 28.1 Å². The zero-order valence-corrected chi connectivity index (χ0v) is 15.6. The van der Waals surface area contributed by atoms with Crippen LogP contribution in [0.3, 0.4) is 0 Å². The van der Waals surface area contributed by atoms with Gasteiger partial charge in [0.2, 0.25) is 5.88 Å². The van der Waals surface area contributed by atoms with Crippen LogP contribution in [0.25, 0.3) is 16.9 Å². The van der Waals surface area contributed by atoms with Gasteiger partial charge in [-0.3, -0.25) is 4.40 Å². The Labute approximate surface area is 161 Å².